The van der Waals surface area contributed by atoms with Crippen LogP contribution in [0.15, 0.2) is 47.4 Å². The standard InChI is InChI=1S/C24H29ClN6O3/c1-23(2,3)34-22(33)26-15-24(16-5-4-6-17(25)13-16)11-9-18(10-12-24)31-21(32)8-7-19(29-31)20-14-27-30-28-20/h4-8,13-14,18H,9-12,15H2,1-3H3,(H,26,33)(H,27,28,30). The van der Waals surface area contributed by atoms with Crippen molar-refractivity contribution in [3.05, 3.63) is 63.5 Å². The molecular formula is C24H29ClN6O3. The molecule has 2 aromatic heterocycles. The largest absolute Gasteiger partial charge is 0.444 e. The van der Waals surface area contributed by atoms with Crippen LogP contribution in [0, 0.1) is 0 Å². The molecule has 34 heavy (non-hydrogen) atoms. The molecule has 1 aliphatic carbocycles. The maximum atomic E-state index is 12.6. The topological polar surface area (TPSA) is 115 Å². The number of nitrogens with zero attached hydrogens (tertiary/aromatic N) is 4. The minimum absolute atomic E-state index is 0.0619. The normalized spacial score (nSPS) is 20.6. The number of carbonyl (C=O) groups is 1. The first kappa shape index (κ1) is 23.9. The Hall–Kier alpha value is -3.20. The van der Waals surface area contributed by atoms with Gasteiger partial charge < -0.3 is 10.1 Å². The summed E-state index contributed by atoms with van der Waals surface area (Å²) < 4.78 is 6.99. The molecule has 2 N–H and O–H groups in total. The van der Waals surface area contributed by atoms with Gasteiger partial charge in [-0.2, -0.15) is 5.10 Å². The second kappa shape index (κ2) is 9.58. The van der Waals surface area contributed by atoms with Gasteiger partial charge in [-0.1, -0.05) is 28.9 Å². The highest BCUT2D eigenvalue weighted by Crippen LogP contribution is 2.43. The third kappa shape index (κ3) is 5.47. The molecule has 0 radical (unpaired) electrons. The number of aromatic amines is 1. The average molecular weight is 485 g/mol. The summed E-state index contributed by atoms with van der Waals surface area (Å²) in [6, 6.07) is 10.9. The van der Waals surface area contributed by atoms with Gasteiger partial charge in [0.1, 0.15) is 17.0 Å². The number of aromatic nitrogens is 5. The van der Waals surface area contributed by atoms with E-state index in [0.717, 1.165) is 31.2 Å². The van der Waals surface area contributed by atoms with Crippen LogP contribution in [-0.4, -0.2) is 43.4 Å². The zero-order valence-electron chi connectivity index (χ0n) is 19.5. The molecule has 2 heterocycles. The lowest BCUT2D eigenvalue weighted by molar-refractivity contribution is 0.0504. The van der Waals surface area contributed by atoms with Gasteiger partial charge in [0, 0.05) is 23.0 Å². The van der Waals surface area contributed by atoms with Crippen LogP contribution in [-0.2, 0) is 10.2 Å². The molecule has 1 saturated carbocycles. The van der Waals surface area contributed by atoms with E-state index in [4.69, 9.17) is 16.3 Å². The highest BCUT2D eigenvalue weighted by molar-refractivity contribution is 6.30. The van der Waals surface area contributed by atoms with Gasteiger partial charge in [-0.3, -0.25) is 9.89 Å². The third-order valence-electron chi connectivity index (χ3n) is 6.17. The monoisotopic (exact) mass is 484 g/mol. The van der Waals surface area contributed by atoms with Crippen LogP contribution < -0.4 is 10.9 Å². The van der Waals surface area contributed by atoms with Gasteiger partial charge in [0.15, 0.2) is 0 Å². The molecule has 1 aliphatic rings. The van der Waals surface area contributed by atoms with E-state index in [1.165, 1.54) is 6.07 Å². The molecule has 0 spiro atoms. The van der Waals surface area contributed by atoms with Crippen molar-refractivity contribution in [2.45, 2.75) is 63.5 Å². The SMILES string of the molecule is CC(C)(C)OC(=O)NCC1(c2cccc(Cl)c2)CCC(n2nc(-c3c[nH]nn3)ccc2=O)CC1. The third-order valence-corrected chi connectivity index (χ3v) is 6.40. The summed E-state index contributed by atoms with van der Waals surface area (Å²) in [5.41, 5.74) is 1.18. The van der Waals surface area contributed by atoms with E-state index in [9.17, 15) is 9.59 Å². The van der Waals surface area contributed by atoms with Gasteiger partial charge in [-0.15, -0.1) is 5.10 Å². The van der Waals surface area contributed by atoms with Gasteiger partial charge in [0.05, 0.1) is 12.2 Å². The highest BCUT2D eigenvalue weighted by Gasteiger charge is 2.39. The van der Waals surface area contributed by atoms with Crippen molar-refractivity contribution < 1.29 is 9.53 Å². The molecule has 0 unspecified atom stereocenters. The lowest BCUT2D eigenvalue weighted by Crippen LogP contribution is -2.45. The first-order chi connectivity index (χ1) is 16.2. The van der Waals surface area contributed by atoms with Crippen LogP contribution in [0.2, 0.25) is 5.02 Å². The van der Waals surface area contributed by atoms with Crippen LogP contribution in [0.25, 0.3) is 11.4 Å². The van der Waals surface area contributed by atoms with Crippen LogP contribution in [0.5, 0.6) is 0 Å². The number of carbonyl (C=O) groups excluding carboxylic acids is 1. The van der Waals surface area contributed by atoms with E-state index < -0.39 is 11.7 Å². The van der Waals surface area contributed by atoms with Crippen molar-refractivity contribution in [2.75, 3.05) is 6.54 Å². The molecule has 4 rings (SSSR count). The van der Waals surface area contributed by atoms with E-state index in [0.29, 0.717) is 23.0 Å². The quantitative estimate of drug-likeness (QED) is 0.559. The number of hydrogen-bond donors (Lipinski definition) is 2. The number of amides is 1. The fourth-order valence-corrected chi connectivity index (χ4v) is 4.68. The van der Waals surface area contributed by atoms with Crippen LogP contribution >= 0.6 is 11.6 Å². The van der Waals surface area contributed by atoms with Gasteiger partial charge in [-0.05, 0) is 70.2 Å². The molecule has 0 bridgehead atoms. The average Bonchev–Trinajstić information content (AvgIpc) is 3.32. The molecule has 0 atom stereocenters. The van der Waals surface area contributed by atoms with E-state index in [1.807, 2.05) is 45.0 Å². The van der Waals surface area contributed by atoms with E-state index in [1.54, 1.807) is 16.9 Å². The first-order valence-corrected chi connectivity index (χ1v) is 11.7. The number of halogens is 1. The van der Waals surface area contributed by atoms with Crippen molar-refractivity contribution in [3.8, 4) is 11.4 Å². The first-order valence-electron chi connectivity index (χ1n) is 11.3. The minimum atomic E-state index is -0.577. The highest BCUT2D eigenvalue weighted by atomic mass is 35.5. The Kier molecular flexibility index (Phi) is 6.74. The van der Waals surface area contributed by atoms with Crippen molar-refractivity contribution >= 4 is 17.7 Å². The van der Waals surface area contributed by atoms with Crippen molar-refractivity contribution in [2.24, 2.45) is 0 Å². The van der Waals surface area contributed by atoms with Gasteiger partial charge >= 0.3 is 6.09 Å². The van der Waals surface area contributed by atoms with Gasteiger partial charge in [0.2, 0.25) is 0 Å². The number of benzene rings is 1. The number of H-pyrrole nitrogens is 1. The summed E-state index contributed by atoms with van der Waals surface area (Å²) in [7, 11) is 0. The summed E-state index contributed by atoms with van der Waals surface area (Å²) in [5, 5.41) is 18.5. The van der Waals surface area contributed by atoms with E-state index in [2.05, 4.69) is 25.8 Å². The second-order valence-electron chi connectivity index (χ2n) is 9.74. The fraction of sp³-hybridized carbons (Fsp3) is 0.458. The molecule has 180 valence electrons. The number of ether oxygens (including phenoxy) is 1. The Morgan fingerprint density at radius 2 is 2.00 bits per heavy atom. The maximum Gasteiger partial charge on any atom is 0.407 e. The Balaban J connectivity index is 1.55. The summed E-state index contributed by atoms with van der Waals surface area (Å²) in [6.45, 7) is 5.92. The Morgan fingerprint density at radius 3 is 2.65 bits per heavy atom. The zero-order valence-corrected chi connectivity index (χ0v) is 20.3. The van der Waals surface area contributed by atoms with E-state index >= 15 is 0 Å². The fourth-order valence-electron chi connectivity index (χ4n) is 4.49. The van der Waals surface area contributed by atoms with Crippen molar-refractivity contribution in [1.82, 2.24) is 30.5 Å². The predicted molar refractivity (Wildman–Crippen MR) is 129 cm³/mol. The summed E-state index contributed by atoms with van der Waals surface area (Å²) in [6.07, 6.45) is 4.13. The number of hydrogen-bond acceptors (Lipinski definition) is 6. The van der Waals surface area contributed by atoms with Crippen molar-refractivity contribution in [1.29, 1.82) is 0 Å². The molecule has 1 amide bonds. The molecule has 0 saturated heterocycles. The number of rotatable bonds is 5. The Labute approximate surface area is 202 Å². The maximum absolute atomic E-state index is 12.6. The summed E-state index contributed by atoms with van der Waals surface area (Å²) in [5.74, 6) is 0. The Morgan fingerprint density at radius 1 is 1.24 bits per heavy atom. The van der Waals surface area contributed by atoms with Crippen molar-refractivity contribution in [3.63, 3.8) is 0 Å². The second-order valence-corrected chi connectivity index (χ2v) is 10.2. The molecule has 1 aromatic carbocycles. The lowest BCUT2D eigenvalue weighted by atomic mass is 9.68. The molecule has 0 aliphatic heterocycles. The number of nitrogens with one attached hydrogen (secondary N) is 2. The molecule has 1 fully saturated rings. The van der Waals surface area contributed by atoms with Crippen LogP contribution in [0.3, 0.4) is 0 Å². The van der Waals surface area contributed by atoms with Crippen LogP contribution in [0.1, 0.15) is 58.1 Å². The van der Waals surface area contributed by atoms with E-state index in [-0.39, 0.29) is 17.0 Å². The number of alkyl carbamates (subject to hydrolysis) is 1. The summed E-state index contributed by atoms with van der Waals surface area (Å²) >= 11 is 6.31. The molecule has 3 aromatic rings. The smallest absolute Gasteiger partial charge is 0.407 e. The van der Waals surface area contributed by atoms with Gasteiger partial charge in [0.25, 0.3) is 5.56 Å². The Bertz CT molecular complexity index is 1190. The van der Waals surface area contributed by atoms with Crippen LogP contribution in [0.4, 0.5) is 4.79 Å². The lowest BCUT2D eigenvalue weighted by Gasteiger charge is -2.41. The predicted octanol–water partition coefficient (Wildman–Crippen LogP) is 4.26. The van der Waals surface area contributed by atoms with Gasteiger partial charge in [-0.25, -0.2) is 9.48 Å². The minimum Gasteiger partial charge on any atom is -0.444 e. The molecule has 10 heteroatoms. The molecular weight excluding hydrogens is 456 g/mol. The molecule has 9 nitrogen and oxygen atoms in total. The zero-order chi connectivity index (χ0) is 24.3. The summed E-state index contributed by atoms with van der Waals surface area (Å²) in [4.78, 5) is 25.0.